The maximum absolute atomic E-state index is 12.0. The van der Waals surface area contributed by atoms with E-state index in [1.165, 1.54) is 7.11 Å². The summed E-state index contributed by atoms with van der Waals surface area (Å²) >= 11 is 12.0. The molecule has 0 amide bonds. The molecular weight excluding hydrogens is 337 g/mol. The van der Waals surface area contributed by atoms with Crippen LogP contribution in [0.15, 0.2) is 53.2 Å². The Balaban J connectivity index is 1.93. The minimum atomic E-state index is -0.521. The summed E-state index contributed by atoms with van der Waals surface area (Å²) in [5, 5.41) is 0.993. The van der Waals surface area contributed by atoms with Crippen LogP contribution < -0.4 is 4.74 Å². The Morgan fingerprint density at radius 3 is 2.70 bits per heavy atom. The predicted molar refractivity (Wildman–Crippen MR) is 90.1 cm³/mol. The summed E-state index contributed by atoms with van der Waals surface area (Å²) in [7, 11) is 1.54. The first-order valence-corrected chi connectivity index (χ1v) is 7.44. The van der Waals surface area contributed by atoms with Crippen LogP contribution in [0.25, 0.3) is 6.08 Å². The first kappa shape index (κ1) is 15.6. The van der Waals surface area contributed by atoms with E-state index in [2.05, 4.69) is 4.99 Å². The maximum atomic E-state index is 12.0. The Labute approximate surface area is 143 Å². The second-order valence-corrected chi connectivity index (χ2v) is 5.58. The summed E-state index contributed by atoms with van der Waals surface area (Å²) in [6.07, 6.45) is 1.60. The predicted octanol–water partition coefficient (Wildman–Crippen LogP) is 4.35. The molecule has 0 N–H and O–H groups in total. The van der Waals surface area contributed by atoms with Crippen molar-refractivity contribution in [3.63, 3.8) is 0 Å². The highest BCUT2D eigenvalue weighted by Gasteiger charge is 2.24. The van der Waals surface area contributed by atoms with Gasteiger partial charge in [0.15, 0.2) is 5.70 Å². The van der Waals surface area contributed by atoms with Crippen LogP contribution in [0.5, 0.6) is 5.75 Å². The smallest absolute Gasteiger partial charge is 0.363 e. The van der Waals surface area contributed by atoms with Crippen LogP contribution in [0.3, 0.4) is 0 Å². The van der Waals surface area contributed by atoms with E-state index in [1.807, 2.05) is 0 Å². The number of nitrogens with zero attached hydrogens (tertiary/aromatic N) is 1. The molecule has 0 aliphatic carbocycles. The molecule has 0 radical (unpaired) electrons. The van der Waals surface area contributed by atoms with E-state index in [-0.39, 0.29) is 11.6 Å². The number of ether oxygens (including phenoxy) is 2. The minimum Gasteiger partial charge on any atom is -0.495 e. The largest absolute Gasteiger partial charge is 0.495 e. The monoisotopic (exact) mass is 347 g/mol. The standard InChI is InChI=1S/C17H11Cl2NO3/c1-22-15-6-5-10(7-13(15)19)8-14-17(21)23-16(20-14)11-3-2-4-12(18)9-11/h2-9H,1H3/b14-8+. The maximum Gasteiger partial charge on any atom is 0.363 e. The Bertz CT molecular complexity index is 843. The molecule has 6 heteroatoms. The van der Waals surface area contributed by atoms with Crippen LogP contribution in [0.1, 0.15) is 11.1 Å². The van der Waals surface area contributed by atoms with Crippen molar-refractivity contribution in [1.29, 1.82) is 0 Å². The summed E-state index contributed by atoms with van der Waals surface area (Å²) in [5.41, 5.74) is 1.56. The van der Waals surface area contributed by atoms with E-state index in [9.17, 15) is 4.79 Å². The molecule has 1 heterocycles. The van der Waals surface area contributed by atoms with Gasteiger partial charge in [0.05, 0.1) is 12.1 Å². The third-order valence-corrected chi connectivity index (χ3v) is 3.70. The number of benzene rings is 2. The van der Waals surface area contributed by atoms with E-state index in [1.54, 1.807) is 48.5 Å². The molecule has 3 rings (SSSR count). The SMILES string of the molecule is COc1ccc(/C=C2/N=C(c3cccc(Cl)c3)OC2=O)cc1Cl. The quantitative estimate of drug-likeness (QED) is 0.612. The minimum absolute atomic E-state index is 0.196. The van der Waals surface area contributed by atoms with Crippen molar-refractivity contribution in [3.05, 3.63) is 69.3 Å². The molecule has 0 spiro atoms. The Morgan fingerprint density at radius 1 is 1.17 bits per heavy atom. The van der Waals surface area contributed by atoms with Crippen molar-refractivity contribution in [3.8, 4) is 5.75 Å². The van der Waals surface area contributed by atoms with Crippen molar-refractivity contribution >= 4 is 41.1 Å². The van der Waals surface area contributed by atoms with E-state index in [0.717, 1.165) is 5.56 Å². The molecule has 1 aliphatic rings. The highest BCUT2D eigenvalue weighted by Crippen LogP contribution is 2.27. The number of hydrogen-bond donors (Lipinski definition) is 0. The van der Waals surface area contributed by atoms with Gasteiger partial charge < -0.3 is 9.47 Å². The molecule has 0 fully saturated rings. The lowest BCUT2D eigenvalue weighted by molar-refractivity contribution is -0.129. The molecule has 2 aromatic rings. The second-order valence-electron chi connectivity index (χ2n) is 4.74. The van der Waals surface area contributed by atoms with Gasteiger partial charge in [0.1, 0.15) is 5.75 Å². The van der Waals surface area contributed by atoms with E-state index >= 15 is 0 Å². The lowest BCUT2D eigenvalue weighted by atomic mass is 10.2. The fraction of sp³-hybridized carbons (Fsp3) is 0.0588. The molecule has 116 valence electrons. The highest BCUT2D eigenvalue weighted by molar-refractivity contribution is 6.32. The summed E-state index contributed by atoms with van der Waals surface area (Å²) < 4.78 is 10.3. The Kier molecular flexibility index (Phi) is 4.37. The van der Waals surface area contributed by atoms with Gasteiger partial charge in [-0.05, 0) is 42.0 Å². The van der Waals surface area contributed by atoms with Gasteiger partial charge in [-0.1, -0.05) is 35.3 Å². The molecule has 0 unspecified atom stereocenters. The summed E-state index contributed by atoms with van der Waals surface area (Å²) in [5.74, 6) is 0.265. The van der Waals surface area contributed by atoms with Gasteiger partial charge in [-0.2, -0.15) is 0 Å². The number of hydrogen-bond acceptors (Lipinski definition) is 4. The summed E-state index contributed by atoms with van der Waals surface area (Å²) in [6.45, 7) is 0. The van der Waals surface area contributed by atoms with Crippen LogP contribution in [0.2, 0.25) is 10.0 Å². The van der Waals surface area contributed by atoms with Gasteiger partial charge in [-0.25, -0.2) is 9.79 Å². The third kappa shape index (κ3) is 3.38. The van der Waals surface area contributed by atoms with Crippen LogP contribution in [0, 0.1) is 0 Å². The van der Waals surface area contributed by atoms with Gasteiger partial charge >= 0.3 is 5.97 Å². The number of carbonyl (C=O) groups excluding carboxylic acids is 1. The lowest BCUT2D eigenvalue weighted by Gasteiger charge is -2.03. The van der Waals surface area contributed by atoms with Gasteiger partial charge in [0.25, 0.3) is 0 Å². The molecule has 2 aromatic carbocycles. The molecule has 4 nitrogen and oxygen atoms in total. The lowest BCUT2D eigenvalue weighted by Crippen LogP contribution is -2.05. The van der Waals surface area contributed by atoms with Gasteiger partial charge in [0.2, 0.25) is 5.90 Å². The van der Waals surface area contributed by atoms with E-state index < -0.39 is 5.97 Å². The average Bonchev–Trinajstić information content (AvgIpc) is 2.89. The summed E-state index contributed by atoms with van der Waals surface area (Å²) in [6, 6.07) is 12.1. The zero-order chi connectivity index (χ0) is 16.4. The molecule has 1 aliphatic heterocycles. The molecule has 0 saturated carbocycles. The van der Waals surface area contributed by atoms with Crippen molar-refractivity contribution in [2.45, 2.75) is 0 Å². The zero-order valence-electron chi connectivity index (χ0n) is 12.0. The van der Waals surface area contributed by atoms with Gasteiger partial charge in [0, 0.05) is 10.6 Å². The zero-order valence-corrected chi connectivity index (χ0v) is 13.6. The van der Waals surface area contributed by atoms with Gasteiger partial charge in [-0.15, -0.1) is 0 Å². The third-order valence-electron chi connectivity index (χ3n) is 3.17. The molecule has 0 atom stereocenters. The normalized spacial score (nSPS) is 15.5. The van der Waals surface area contributed by atoms with E-state index in [0.29, 0.717) is 21.4 Å². The Hall–Kier alpha value is -2.30. The number of rotatable bonds is 3. The van der Waals surface area contributed by atoms with Crippen LogP contribution in [-0.4, -0.2) is 19.0 Å². The second kappa shape index (κ2) is 6.44. The number of cyclic esters (lactones) is 1. The topological polar surface area (TPSA) is 47.9 Å². The molecule has 0 bridgehead atoms. The fourth-order valence-electron chi connectivity index (χ4n) is 2.08. The number of aliphatic imine (C=N–C) groups is 1. The van der Waals surface area contributed by atoms with Crippen LogP contribution in [0.4, 0.5) is 0 Å². The van der Waals surface area contributed by atoms with Crippen LogP contribution >= 0.6 is 23.2 Å². The Morgan fingerprint density at radius 2 is 2.00 bits per heavy atom. The van der Waals surface area contributed by atoms with Crippen molar-refractivity contribution < 1.29 is 14.3 Å². The summed E-state index contributed by atoms with van der Waals surface area (Å²) in [4.78, 5) is 16.2. The van der Waals surface area contributed by atoms with Crippen LogP contribution in [-0.2, 0) is 9.53 Å². The average molecular weight is 348 g/mol. The van der Waals surface area contributed by atoms with Crippen molar-refractivity contribution in [2.24, 2.45) is 4.99 Å². The van der Waals surface area contributed by atoms with Gasteiger partial charge in [-0.3, -0.25) is 0 Å². The molecule has 23 heavy (non-hydrogen) atoms. The number of methoxy groups -OCH3 is 1. The number of halogens is 2. The molecular formula is C17H11Cl2NO3. The van der Waals surface area contributed by atoms with Crippen molar-refractivity contribution in [2.75, 3.05) is 7.11 Å². The van der Waals surface area contributed by atoms with Crippen molar-refractivity contribution in [1.82, 2.24) is 0 Å². The number of carbonyl (C=O) groups is 1. The molecule has 0 saturated heterocycles. The number of esters is 1. The molecule has 0 aromatic heterocycles. The first-order chi connectivity index (χ1) is 11.1. The van der Waals surface area contributed by atoms with E-state index in [4.69, 9.17) is 32.7 Å². The fourth-order valence-corrected chi connectivity index (χ4v) is 2.54. The first-order valence-electron chi connectivity index (χ1n) is 6.69. The highest BCUT2D eigenvalue weighted by atomic mass is 35.5.